The number of alkyl halides is 3. The highest BCUT2D eigenvalue weighted by atomic mass is 19.4. The number of aryl methyl sites for hydroxylation is 1. The van der Waals surface area contributed by atoms with E-state index in [0.717, 1.165) is 5.82 Å². The van der Waals surface area contributed by atoms with Crippen molar-refractivity contribution in [1.82, 2.24) is 14.5 Å². The molecule has 0 fully saturated rings. The molecule has 1 aliphatic rings. The smallest absolute Gasteiger partial charge is 0.491 e. The summed E-state index contributed by atoms with van der Waals surface area (Å²) >= 11 is 0. The second kappa shape index (κ2) is 7.74. The van der Waals surface area contributed by atoms with Gasteiger partial charge in [-0.2, -0.15) is 0 Å². The van der Waals surface area contributed by atoms with Crippen LogP contribution in [0.1, 0.15) is 16.2 Å². The van der Waals surface area contributed by atoms with Crippen LogP contribution in [0.5, 0.6) is 11.5 Å². The van der Waals surface area contributed by atoms with Crippen molar-refractivity contribution in [3.05, 3.63) is 66.2 Å². The SMILES string of the molecule is Cn1ccnc1CN1CCOc2ccc(-c3ccc(OC(F)(F)F)cc3)cc2C1=O. The van der Waals surface area contributed by atoms with Crippen LogP contribution >= 0.6 is 0 Å². The van der Waals surface area contributed by atoms with E-state index in [0.29, 0.717) is 42.1 Å². The molecule has 0 saturated carbocycles. The normalized spacial score (nSPS) is 14.1. The van der Waals surface area contributed by atoms with E-state index in [2.05, 4.69) is 9.72 Å². The molecular weight excluding hydrogens is 399 g/mol. The highest BCUT2D eigenvalue weighted by Crippen LogP contribution is 2.31. The summed E-state index contributed by atoms with van der Waals surface area (Å²) in [6.45, 7) is 1.12. The molecule has 9 heteroatoms. The lowest BCUT2D eigenvalue weighted by Crippen LogP contribution is -2.32. The van der Waals surface area contributed by atoms with Crippen LogP contribution in [-0.2, 0) is 13.6 Å². The van der Waals surface area contributed by atoms with Gasteiger partial charge < -0.3 is 18.9 Å². The van der Waals surface area contributed by atoms with Crippen LogP contribution in [0.4, 0.5) is 13.2 Å². The molecule has 1 aromatic heterocycles. The molecule has 2 heterocycles. The van der Waals surface area contributed by atoms with Crippen LogP contribution in [-0.4, -0.2) is 39.9 Å². The number of halogens is 3. The summed E-state index contributed by atoms with van der Waals surface area (Å²) in [6.07, 6.45) is -1.26. The molecule has 0 radical (unpaired) electrons. The second-order valence-electron chi connectivity index (χ2n) is 6.81. The van der Waals surface area contributed by atoms with Gasteiger partial charge in [0.1, 0.15) is 23.9 Å². The predicted octanol–water partition coefficient (Wildman–Crippen LogP) is 4.02. The Balaban J connectivity index is 1.60. The highest BCUT2D eigenvalue weighted by Gasteiger charge is 2.31. The molecule has 1 aliphatic heterocycles. The average molecular weight is 417 g/mol. The number of ether oxygens (including phenoxy) is 2. The van der Waals surface area contributed by atoms with Gasteiger partial charge in [-0.15, -0.1) is 13.2 Å². The average Bonchev–Trinajstić information content (AvgIpc) is 3.03. The summed E-state index contributed by atoms with van der Waals surface area (Å²) in [6, 6.07) is 10.6. The third-order valence-corrected chi connectivity index (χ3v) is 4.79. The minimum Gasteiger partial charge on any atom is -0.491 e. The molecule has 0 saturated heterocycles. The summed E-state index contributed by atoms with van der Waals surface area (Å²) in [5.41, 5.74) is 1.73. The van der Waals surface area contributed by atoms with Gasteiger partial charge in [0.05, 0.1) is 18.7 Å². The lowest BCUT2D eigenvalue weighted by Gasteiger charge is -2.19. The van der Waals surface area contributed by atoms with Crippen LogP contribution in [0.25, 0.3) is 11.1 Å². The van der Waals surface area contributed by atoms with E-state index < -0.39 is 6.36 Å². The Labute approximate surface area is 170 Å². The van der Waals surface area contributed by atoms with Gasteiger partial charge in [0, 0.05) is 19.4 Å². The number of benzene rings is 2. The molecule has 4 rings (SSSR count). The Morgan fingerprint density at radius 3 is 2.53 bits per heavy atom. The Kier molecular flexibility index (Phi) is 5.11. The maximum absolute atomic E-state index is 13.1. The maximum Gasteiger partial charge on any atom is 0.573 e. The van der Waals surface area contributed by atoms with E-state index in [4.69, 9.17) is 4.74 Å². The van der Waals surface area contributed by atoms with Crippen LogP contribution in [0.3, 0.4) is 0 Å². The fourth-order valence-electron chi connectivity index (χ4n) is 3.26. The quantitative estimate of drug-likeness (QED) is 0.644. The van der Waals surface area contributed by atoms with Crippen molar-refractivity contribution in [2.75, 3.05) is 13.2 Å². The topological polar surface area (TPSA) is 56.6 Å². The number of hydrogen-bond acceptors (Lipinski definition) is 4. The van der Waals surface area contributed by atoms with Gasteiger partial charge in [-0.1, -0.05) is 18.2 Å². The minimum absolute atomic E-state index is 0.190. The van der Waals surface area contributed by atoms with Gasteiger partial charge in [-0.3, -0.25) is 4.79 Å². The van der Waals surface area contributed by atoms with E-state index in [1.807, 2.05) is 17.8 Å². The second-order valence-corrected chi connectivity index (χ2v) is 6.81. The molecule has 0 unspecified atom stereocenters. The molecule has 156 valence electrons. The van der Waals surface area contributed by atoms with Crippen molar-refractivity contribution in [2.24, 2.45) is 7.05 Å². The van der Waals surface area contributed by atoms with Crippen LogP contribution in [0, 0.1) is 0 Å². The first-order valence-electron chi connectivity index (χ1n) is 9.19. The number of aromatic nitrogens is 2. The van der Waals surface area contributed by atoms with Gasteiger partial charge in [0.25, 0.3) is 5.91 Å². The Bertz CT molecular complexity index is 1060. The van der Waals surface area contributed by atoms with Crippen molar-refractivity contribution in [1.29, 1.82) is 0 Å². The third kappa shape index (κ3) is 4.24. The van der Waals surface area contributed by atoms with Gasteiger partial charge in [0.15, 0.2) is 0 Å². The molecule has 0 bridgehead atoms. The van der Waals surface area contributed by atoms with Crippen LogP contribution in [0.2, 0.25) is 0 Å². The zero-order valence-electron chi connectivity index (χ0n) is 16.0. The molecule has 3 aromatic rings. The predicted molar refractivity (Wildman–Crippen MR) is 102 cm³/mol. The highest BCUT2D eigenvalue weighted by molar-refractivity contribution is 5.98. The first-order chi connectivity index (χ1) is 14.3. The fraction of sp³-hybridized carbons (Fsp3) is 0.238. The van der Waals surface area contributed by atoms with Crippen molar-refractivity contribution < 1.29 is 27.4 Å². The summed E-state index contributed by atoms with van der Waals surface area (Å²) in [4.78, 5) is 19.1. The van der Waals surface area contributed by atoms with Crippen LogP contribution in [0.15, 0.2) is 54.9 Å². The Morgan fingerprint density at radius 1 is 1.13 bits per heavy atom. The maximum atomic E-state index is 13.1. The number of hydrogen-bond donors (Lipinski definition) is 0. The summed E-state index contributed by atoms with van der Waals surface area (Å²) < 4.78 is 48.5. The van der Waals surface area contributed by atoms with Crippen LogP contribution < -0.4 is 9.47 Å². The lowest BCUT2D eigenvalue weighted by molar-refractivity contribution is -0.274. The molecule has 6 nitrogen and oxygen atoms in total. The van der Waals surface area contributed by atoms with E-state index in [-0.39, 0.29) is 11.7 Å². The van der Waals surface area contributed by atoms with E-state index in [9.17, 15) is 18.0 Å². The molecule has 30 heavy (non-hydrogen) atoms. The van der Waals surface area contributed by atoms with Crippen molar-refractivity contribution in [3.63, 3.8) is 0 Å². The summed E-state index contributed by atoms with van der Waals surface area (Å²) in [5, 5.41) is 0. The summed E-state index contributed by atoms with van der Waals surface area (Å²) in [7, 11) is 1.86. The number of nitrogens with zero attached hydrogens (tertiary/aromatic N) is 3. The first kappa shape index (κ1) is 19.8. The van der Waals surface area contributed by atoms with E-state index >= 15 is 0 Å². The fourth-order valence-corrected chi connectivity index (χ4v) is 3.26. The monoisotopic (exact) mass is 417 g/mol. The van der Waals surface area contributed by atoms with Gasteiger partial charge in [-0.25, -0.2) is 4.98 Å². The van der Waals surface area contributed by atoms with Crippen molar-refractivity contribution in [2.45, 2.75) is 12.9 Å². The van der Waals surface area contributed by atoms with Crippen molar-refractivity contribution in [3.8, 4) is 22.6 Å². The molecular formula is C21H18F3N3O3. The van der Waals surface area contributed by atoms with Gasteiger partial charge in [-0.05, 0) is 35.4 Å². The Hall–Kier alpha value is -3.49. The summed E-state index contributed by atoms with van der Waals surface area (Å²) in [5.74, 6) is 0.734. The molecule has 0 spiro atoms. The zero-order chi connectivity index (χ0) is 21.3. The number of imidazole rings is 1. The number of fused-ring (bicyclic) bond motifs is 1. The van der Waals surface area contributed by atoms with E-state index in [1.54, 1.807) is 29.3 Å². The third-order valence-electron chi connectivity index (χ3n) is 4.79. The number of amides is 1. The molecule has 2 aromatic carbocycles. The number of carbonyl (C=O) groups excluding carboxylic acids is 1. The molecule has 1 amide bonds. The molecule has 0 N–H and O–H groups in total. The largest absolute Gasteiger partial charge is 0.573 e. The van der Waals surface area contributed by atoms with Crippen molar-refractivity contribution >= 4 is 5.91 Å². The molecule has 0 atom stereocenters. The molecule has 0 aliphatic carbocycles. The van der Waals surface area contributed by atoms with Gasteiger partial charge >= 0.3 is 6.36 Å². The minimum atomic E-state index is -4.74. The van der Waals surface area contributed by atoms with E-state index in [1.165, 1.54) is 24.3 Å². The number of rotatable bonds is 4. The zero-order valence-corrected chi connectivity index (χ0v) is 16.0. The first-order valence-corrected chi connectivity index (χ1v) is 9.19. The lowest BCUT2D eigenvalue weighted by atomic mass is 10.0. The number of carbonyl (C=O) groups is 1. The van der Waals surface area contributed by atoms with Gasteiger partial charge in [0.2, 0.25) is 0 Å². The Morgan fingerprint density at radius 2 is 1.87 bits per heavy atom. The standard InChI is InChI=1S/C21H18F3N3O3/c1-26-9-8-25-19(26)13-27-10-11-29-18-7-4-15(12-17(18)20(27)28)14-2-5-16(6-3-14)30-21(22,23)24/h2-9,12H,10-11,13H2,1H3.